The predicted octanol–water partition coefficient (Wildman–Crippen LogP) is 7.88. The molecule has 2 unspecified atom stereocenters. The molecule has 0 amide bonds. The van der Waals surface area contributed by atoms with Crippen molar-refractivity contribution < 1.29 is 40.0 Å². The first-order chi connectivity index (χ1) is 23.9. The van der Waals surface area contributed by atoms with Crippen LogP contribution in [0.25, 0.3) is 0 Å². The van der Waals surface area contributed by atoms with E-state index < -0.39 is 37.6 Å². The predicted molar refractivity (Wildman–Crippen MR) is 216 cm³/mol. The third-order valence-electron chi connectivity index (χ3n) is 9.54. The van der Waals surface area contributed by atoms with Gasteiger partial charge in [-0.15, -0.1) is 0 Å². The Morgan fingerprint density at radius 3 is 2.33 bits per heavy atom. The van der Waals surface area contributed by atoms with Crippen LogP contribution in [0.2, 0.25) is 0 Å². The molecule has 0 aliphatic carbocycles. The molecule has 0 spiro atoms. The molecule has 2 aromatic carbocycles. The van der Waals surface area contributed by atoms with Crippen molar-refractivity contribution in [1.29, 1.82) is 0 Å². The van der Waals surface area contributed by atoms with Crippen molar-refractivity contribution >= 4 is 89.0 Å². The summed E-state index contributed by atoms with van der Waals surface area (Å²) in [6.07, 6.45) is 15.8. The number of hydrogen-bond donors (Lipinski definition) is 1. The van der Waals surface area contributed by atoms with Gasteiger partial charge in [0.25, 0.3) is 16.6 Å². The van der Waals surface area contributed by atoms with Gasteiger partial charge in [-0.3, -0.25) is 9.35 Å². The second-order valence-corrected chi connectivity index (χ2v) is 18.8. The van der Waals surface area contributed by atoms with Gasteiger partial charge in [0.1, 0.15) is 17.2 Å². The topological polar surface area (TPSA) is 144 Å². The van der Waals surface area contributed by atoms with Crippen molar-refractivity contribution in [3.05, 3.63) is 96.8 Å². The molecule has 0 saturated heterocycles. The minimum absolute atomic E-state index is 0.167. The molecule has 14 heteroatoms. The monoisotopic (exact) mass is 962 g/mol. The van der Waals surface area contributed by atoms with Crippen LogP contribution >= 0.6 is 45.2 Å². The van der Waals surface area contributed by atoms with Gasteiger partial charge in [0.15, 0.2) is 11.9 Å². The molecule has 0 saturated carbocycles. The normalized spacial score (nSPS) is 20.3. The van der Waals surface area contributed by atoms with Crippen LogP contribution in [0.3, 0.4) is 0 Å². The summed E-state index contributed by atoms with van der Waals surface area (Å²) in [7, 11) is -6.88. The fourth-order valence-electron chi connectivity index (χ4n) is 7.08. The summed E-state index contributed by atoms with van der Waals surface area (Å²) in [5.41, 5.74) is 4.43. The zero-order valence-electron chi connectivity index (χ0n) is 29.3. The van der Waals surface area contributed by atoms with E-state index in [0.29, 0.717) is 42.7 Å². The van der Waals surface area contributed by atoms with Crippen molar-refractivity contribution in [2.75, 3.05) is 17.7 Å². The Labute approximate surface area is 329 Å². The van der Waals surface area contributed by atoms with E-state index in [1.807, 2.05) is 55.2 Å². The number of anilines is 1. The summed E-state index contributed by atoms with van der Waals surface area (Å²) in [5, 5.41) is 0. The molecule has 2 atom stereocenters. The largest absolute Gasteiger partial charge is 0.744 e. The number of carbonyl (C=O) groups excluding carboxylic acids is 1. The Morgan fingerprint density at radius 1 is 1.00 bits per heavy atom. The molecule has 276 valence electrons. The summed E-state index contributed by atoms with van der Waals surface area (Å²) in [6.45, 7) is 8.76. The van der Waals surface area contributed by atoms with Crippen molar-refractivity contribution in [2.24, 2.45) is 0 Å². The van der Waals surface area contributed by atoms with Gasteiger partial charge in [0, 0.05) is 42.5 Å². The number of nitrogens with zero attached hydrogens (tertiary/aromatic N) is 2. The van der Waals surface area contributed by atoms with Crippen LogP contribution in [-0.4, -0.2) is 61.7 Å². The molecule has 0 bridgehead atoms. The van der Waals surface area contributed by atoms with E-state index in [9.17, 15) is 30.7 Å². The van der Waals surface area contributed by atoms with Crippen LogP contribution in [0.5, 0.6) is 0 Å². The zero-order valence-corrected chi connectivity index (χ0v) is 35.3. The molecule has 2 aliphatic heterocycles. The van der Waals surface area contributed by atoms with E-state index in [0.717, 1.165) is 12.8 Å². The van der Waals surface area contributed by atoms with Crippen LogP contribution in [0, 0.1) is 7.14 Å². The highest BCUT2D eigenvalue weighted by atomic mass is 127. The molecular weight excluding hydrogens is 918 g/mol. The van der Waals surface area contributed by atoms with Crippen LogP contribution < -0.4 is 4.90 Å². The van der Waals surface area contributed by atoms with Crippen LogP contribution in [0.1, 0.15) is 77.3 Å². The van der Waals surface area contributed by atoms with Crippen LogP contribution in [0.15, 0.2) is 83.5 Å². The van der Waals surface area contributed by atoms with Gasteiger partial charge >= 0.3 is 0 Å². The Bertz CT molecular complexity index is 2040. The number of rotatable bonds is 16. The Hall–Kier alpha value is -2.38. The lowest BCUT2D eigenvalue weighted by atomic mass is 9.77. The first-order valence-corrected chi connectivity index (χ1v) is 21.8. The molecule has 1 N–H and O–H groups in total. The number of allylic oxidation sites excluding steroid dienone is 8. The molecule has 4 rings (SSSR count). The van der Waals surface area contributed by atoms with E-state index in [1.165, 1.54) is 36.2 Å². The third-order valence-corrected chi connectivity index (χ3v) is 12.7. The molecular formula is C37H44I2N2O8S2. The minimum atomic E-state index is -4.79. The second-order valence-electron chi connectivity index (χ2n) is 13.4. The van der Waals surface area contributed by atoms with E-state index in [4.69, 9.17) is 4.74 Å². The summed E-state index contributed by atoms with van der Waals surface area (Å²) < 4.78 is 78.8. The fraction of sp³-hybridized carbons (Fsp3) is 0.405. The van der Waals surface area contributed by atoms with E-state index in [2.05, 4.69) is 88.9 Å². The smallest absolute Gasteiger partial charge is 0.295 e. The highest BCUT2D eigenvalue weighted by Crippen LogP contribution is 2.52. The average molecular weight is 963 g/mol. The van der Waals surface area contributed by atoms with Gasteiger partial charge in [-0.1, -0.05) is 50.1 Å². The fourth-order valence-corrected chi connectivity index (χ4v) is 10.6. The number of benzene rings is 2. The van der Waals surface area contributed by atoms with Gasteiger partial charge in [-0.2, -0.15) is 13.0 Å². The number of ether oxygens (including phenoxy) is 1. The van der Waals surface area contributed by atoms with Gasteiger partial charge in [0.2, 0.25) is 5.69 Å². The Kier molecular flexibility index (Phi) is 13.6. The van der Waals surface area contributed by atoms with Gasteiger partial charge in [-0.25, -0.2) is 8.42 Å². The molecule has 2 aliphatic rings. The molecule has 10 nitrogen and oxygen atoms in total. The van der Waals surface area contributed by atoms with Crippen LogP contribution in [-0.2, 0) is 40.6 Å². The standard InChI is InChI=1S/C37H44I2N2O8S2/c1-6-7-17-34(49-25-42)41-30-19-18-27(51(46,47)48)24-28(30)37(4,20-13-14-21-50(43,44)45)33(41)16-12-10-8-9-11-15-32-36(2,3)35-29(39)22-26(38)23-31(35)40(32)5/h8-12,15-16,18-19,22-25,34H,6-7,13-14,17,20-21H2,1-5H3,(H-,43,44,45,46,47,48). The first kappa shape index (κ1) is 41.4. The van der Waals surface area contributed by atoms with Crippen molar-refractivity contribution in [1.82, 2.24) is 0 Å². The van der Waals surface area contributed by atoms with E-state index in [1.54, 1.807) is 6.07 Å². The lowest BCUT2D eigenvalue weighted by Crippen LogP contribution is -2.38. The summed E-state index contributed by atoms with van der Waals surface area (Å²) in [5.74, 6) is -0.421. The Morgan fingerprint density at radius 2 is 1.69 bits per heavy atom. The van der Waals surface area contributed by atoms with Gasteiger partial charge in [-0.05, 0) is 121 Å². The van der Waals surface area contributed by atoms with E-state index in [-0.39, 0.29) is 16.7 Å². The number of fused-ring (bicyclic) bond motifs is 2. The maximum atomic E-state index is 12.1. The van der Waals surface area contributed by atoms with Crippen molar-refractivity contribution in [3.63, 3.8) is 0 Å². The quantitative estimate of drug-likeness (QED) is 0.0444. The number of unbranched alkanes of at least 4 members (excludes halogenated alkanes) is 2. The lowest BCUT2D eigenvalue weighted by Gasteiger charge is -2.34. The van der Waals surface area contributed by atoms with Crippen molar-refractivity contribution in [2.45, 2.75) is 88.2 Å². The molecule has 0 fully saturated rings. The number of carbonyl (C=O) groups is 1. The SMILES string of the molecule is CCCCC(OC=O)N1\C(=C/C=C/C=C/C=C/C2=[N+](C)c3cc(I)cc(I)c3C2(C)C)C(C)(CCCCS(=O)(=O)O)c2cc(S(=O)(=O)[O-])ccc21. The van der Waals surface area contributed by atoms with Crippen LogP contribution in [0.4, 0.5) is 11.4 Å². The molecule has 2 heterocycles. The van der Waals surface area contributed by atoms with Gasteiger partial charge in [0.05, 0.1) is 21.6 Å². The lowest BCUT2D eigenvalue weighted by molar-refractivity contribution is -0.401. The van der Waals surface area contributed by atoms with Gasteiger partial charge < -0.3 is 14.2 Å². The highest BCUT2D eigenvalue weighted by Gasteiger charge is 2.47. The maximum absolute atomic E-state index is 12.1. The summed E-state index contributed by atoms with van der Waals surface area (Å²) in [4.78, 5) is 13.2. The highest BCUT2D eigenvalue weighted by molar-refractivity contribution is 14.1. The summed E-state index contributed by atoms with van der Waals surface area (Å²) in [6, 6.07) is 8.56. The summed E-state index contributed by atoms with van der Waals surface area (Å²) >= 11 is 4.75. The second kappa shape index (κ2) is 16.7. The molecule has 0 aromatic heterocycles. The third kappa shape index (κ3) is 9.41. The first-order valence-electron chi connectivity index (χ1n) is 16.6. The minimum Gasteiger partial charge on any atom is -0.744 e. The van der Waals surface area contributed by atoms with E-state index >= 15 is 0 Å². The molecule has 2 aromatic rings. The molecule has 51 heavy (non-hydrogen) atoms. The molecule has 0 radical (unpaired) electrons. The maximum Gasteiger partial charge on any atom is 0.295 e. The number of halogens is 2. The Balaban J connectivity index is 1.71. The average Bonchev–Trinajstić information content (AvgIpc) is 3.38. The zero-order chi connectivity index (χ0) is 37.8. The number of hydrogen-bond acceptors (Lipinski definition) is 8. The van der Waals surface area contributed by atoms with Crippen molar-refractivity contribution in [3.8, 4) is 0 Å².